The third-order valence-electron chi connectivity index (χ3n) is 5.12. The molecule has 0 fully saturated rings. The molecule has 5 rings (SSSR count). The molecule has 4 heterocycles. The normalized spacial score (nSPS) is 11.8. The standard InChI is InChI=1S/C22H19N5O2S2/c1-23-16-6-3-14(4-7-16)22-17(11-25-26-22)15-5-9-20-24-12-18(27(20)13-15)19-8-10-21(30-19)31(2,28)29/h3-13,23H,1-2H3,(H,25,26). The number of aromatic nitrogens is 4. The summed E-state index contributed by atoms with van der Waals surface area (Å²) in [6.45, 7) is 0. The van der Waals surface area contributed by atoms with Crippen LogP contribution in [-0.2, 0) is 9.84 Å². The van der Waals surface area contributed by atoms with Gasteiger partial charge in [0.25, 0.3) is 0 Å². The Morgan fingerprint density at radius 2 is 1.77 bits per heavy atom. The van der Waals surface area contributed by atoms with Crippen LogP contribution in [0.3, 0.4) is 0 Å². The molecule has 0 aliphatic heterocycles. The molecule has 0 aliphatic carbocycles. The minimum Gasteiger partial charge on any atom is -0.388 e. The smallest absolute Gasteiger partial charge is 0.184 e. The van der Waals surface area contributed by atoms with Gasteiger partial charge in [-0.1, -0.05) is 12.1 Å². The van der Waals surface area contributed by atoms with Crippen LogP contribution in [0.4, 0.5) is 5.69 Å². The fraction of sp³-hybridized carbons (Fsp3) is 0.0909. The molecule has 1 aromatic carbocycles. The minimum absolute atomic E-state index is 0.343. The van der Waals surface area contributed by atoms with E-state index in [1.165, 1.54) is 17.6 Å². The number of aromatic amines is 1. The van der Waals surface area contributed by atoms with Crippen molar-refractivity contribution in [2.24, 2.45) is 0 Å². The van der Waals surface area contributed by atoms with Gasteiger partial charge in [-0.3, -0.25) is 9.50 Å². The van der Waals surface area contributed by atoms with Gasteiger partial charge in [-0.05, 0) is 36.4 Å². The molecule has 0 aliphatic rings. The van der Waals surface area contributed by atoms with Crippen LogP contribution in [0.2, 0.25) is 0 Å². The first-order valence-electron chi connectivity index (χ1n) is 9.53. The Balaban J connectivity index is 1.59. The van der Waals surface area contributed by atoms with Crippen LogP contribution in [0.5, 0.6) is 0 Å². The predicted octanol–water partition coefficient (Wildman–Crippen LogP) is 4.57. The number of imidazole rings is 1. The average Bonchev–Trinajstić information content (AvgIpc) is 3.51. The summed E-state index contributed by atoms with van der Waals surface area (Å²) in [5.41, 5.74) is 6.60. The first-order valence-corrected chi connectivity index (χ1v) is 12.2. The van der Waals surface area contributed by atoms with Crippen molar-refractivity contribution in [2.45, 2.75) is 4.21 Å². The monoisotopic (exact) mass is 449 g/mol. The lowest BCUT2D eigenvalue weighted by atomic mass is 10.0. The van der Waals surface area contributed by atoms with Gasteiger partial charge < -0.3 is 5.32 Å². The van der Waals surface area contributed by atoms with E-state index >= 15 is 0 Å². The van der Waals surface area contributed by atoms with Gasteiger partial charge >= 0.3 is 0 Å². The number of benzene rings is 1. The first-order chi connectivity index (χ1) is 14.9. The molecule has 2 N–H and O–H groups in total. The highest BCUT2D eigenvalue weighted by Crippen LogP contribution is 2.34. The van der Waals surface area contributed by atoms with Crippen molar-refractivity contribution < 1.29 is 8.42 Å². The van der Waals surface area contributed by atoms with E-state index in [1.807, 2.05) is 66.3 Å². The molecule has 0 atom stereocenters. The molecule has 0 radical (unpaired) electrons. The van der Waals surface area contributed by atoms with E-state index in [9.17, 15) is 8.42 Å². The minimum atomic E-state index is -3.24. The van der Waals surface area contributed by atoms with E-state index in [0.29, 0.717) is 4.21 Å². The quantitative estimate of drug-likeness (QED) is 0.410. The molecule has 7 nitrogen and oxygen atoms in total. The molecule has 0 bridgehead atoms. The highest BCUT2D eigenvalue weighted by atomic mass is 32.2. The van der Waals surface area contributed by atoms with Crippen molar-refractivity contribution in [3.8, 4) is 33.0 Å². The average molecular weight is 450 g/mol. The van der Waals surface area contributed by atoms with Gasteiger partial charge in [-0.2, -0.15) is 5.10 Å². The van der Waals surface area contributed by atoms with Crippen molar-refractivity contribution >= 4 is 32.5 Å². The molecular formula is C22H19N5O2S2. The summed E-state index contributed by atoms with van der Waals surface area (Å²) in [7, 11) is -1.35. The number of hydrogen-bond donors (Lipinski definition) is 2. The second-order valence-corrected chi connectivity index (χ2v) is 10.5. The van der Waals surface area contributed by atoms with Crippen molar-refractivity contribution in [2.75, 3.05) is 18.6 Å². The van der Waals surface area contributed by atoms with Crippen molar-refractivity contribution in [3.05, 3.63) is 67.1 Å². The predicted molar refractivity (Wildman–Crippen MR) is 124 cm³/mol. The molecule has 156 valence electrons. The number of thiophene rings is 1. The maximum Gasteiger partial charge on any atom is 0.184 e. The van der Waals surface area contributed by atoms with Gasteiger partial charge in [-0.25, -0.2) is 13.4 Å². The maximum absolute atomic E-state index is 11.9. The lowest BCUT2D eigenvalue weighted by Crippen LogP contribution is -1.92. The zero-order valence-electron chi connectivity index (χ0n) is 16.8. The molecule has 0 unspecified atom stereocenters. The second kappa shape index (κ2) is 7.36. The van der Waals surface area contributed by atoms with Crippen molar-refractivity contribution in [1.29, 1.82) is 0 Å². The lowest BCUT2D eigenvalue weighted by molar-refractivity contribution is 0.604. The number of fused-ring (bicyclic) bond motifs is 1. The van der Waals surface area contributed by atoms with E-state index < -0.39 is 9.84 Å². The third-order valence-corrected chi connectivity index (χ3v) is 8.05. The van der Waals surface area contributed by atoms with Gasteiger partial charge in [0.05, 0.1) is 28.7 Å². The summed E-state index contributed by atoms with van der Waals surface area (Å²) in [4.78, 5) is 5.33. The van der Waals surface area contributed by atoms with Gasteiger partial charge in [0.2, 0.25) is 0 Å². The van der Waals surface area contributed by atoms with Crippen LogP contribution in [0.1, 0.15) is 0 Å². The number of pyridine rings is 1. The van der Waals surface area contributed by atoms with Crippen LogP contribution < -0.4 is 5.32 Å². The zero-order chi connectivity index (χ0) is 21.6. The summed E-state index contributed by atoms with van der Waals surface area (Å²) < 4.78 is 26.1. The highest BCUT2D eigenvalue weighted by Gasteiger charge is 2.16. The Morgan fingerprint density at radius 3 is 2.48 bits per heavy atom. The second-order valence-electron chi connectivity index (χ2n) is 7.17. The number of anilines is 1. The summed E-state index contributed by atoms with van der Waals surface area (Å²) in [5, 5.41) is 10.5. The summed E-state index contributed by atoms with van der Waals surface area (Å²) in [6.07, 6.45) is 6.81. The van der Waals surface area contributed by atoms with E-state index in [0.717, 1.165) is 44.3 Å². The maximum atomic E-state index is 11.9. The Hall–Kier alpha value is -3.43. The van der Waals surface area contributed by atoms with E-state index in [1.54, 1.807) is 12.3 Å². The first kappa shape index (κ1) is 19.5. The molecular weight excluding hydrogens is 430 g/mol. The molecule has 4 aromatic heterocycles. The molecule has 0 amide bonds. The van der Waals surface area contributed by atoms with E-state index in [4.69, 9.17) is 0 Å². The van der Waals surface area contributed by atoms with Gasteiger partial charge in [0.1, 0.15) is 9.86 Å². The number of nitrogens with zero attached hydrogens (tertiary/aromatic N) is 3. The lowest BCUT2D eigenvalue weighted by Gasteiger charge is -2.07. The number of rotatable bonds is 5. The third kappa shape index (κ3) is 3.51. The molecule has 0 saturated carbocycles. The molecule has 5 aromatic rings. The number of sulfone groups is 1. The van der Waals surface area contributed by atoms with Crippen molar-refractivity contribution in [1.82, 2.24) is 19.6 Å². The van der Waals surface area contributed by atoms with E-state index in [-0.39, 0.29) is 0 Å². The van der Waals surface area contributed by atoms with Crippen molar-refractivity contribution in [3.63, 3.8) is 0 Å². The zero-order valence-corrected chi connectivity index (χ0v) is 18.5. The Kier molecular flexibility index (Phi) is 4.64. The van der Waals surface area contributed by atoms with Gasteiger partial charge in [-0.15, -0.1) is 11.3 Å². The molecule has 0 saturated heterocycles. The fourth-order valence-electron chi connectivity index (χ4n) is 3.51. The number of nitrogens with one attached hydrogen (secondary N) is 2. The van der Waals surface area contributed by atoms with Crippen LogP contribution >= 0.6 is 11.3 Å². The topological polar surface area (TPSA) is 92.2 Å². The van der Waals surface area contributed by atoms with Crippen LogP contribution in [-0.4, -0.2) is 41.3 Å². The largest absolute Gasteiger partial charge is 0.388 e. The summed E-state index contributed by atoms with van der Waals surface area (Å²) in [6, 6.07) is 15.6. The van der Waals surface area contributed by atoms with Crippen LogP contribution in [0.15, 0.2) is 71.3 Å². The summed E-state index contributed by atoms with van der Waals surface area (Å²) >= 11 is 1.25. The number of hydrogen-bond acceptors (Lipinski definition) is 6. The highest BCUT2D eigenvalue weighted by molar-refractivity contribution is 7.92. The Morgan fingerprint density at radius 1 is 1.00 bits per heavy atom. The number of H-pyrrole nitrogens is 1. The van der Waals surface area contributed by atoms with Gasteiger partial charge in [0, 0.05) is 41.9 Å². The Bertz CT molecular complexity index is 1490. The van der Waals surface area contributed by atoms with Gasteiger partial charge in [0.15, 0.2) is 9.84 Å². The van der Waals surface area contributed by atoms with E-state index in [2.05, 4.69) is 20.5 Å². The molecule has 9 heteroatoms. The Labute approximate surface area is 183 Å². The molecule has 0 spiro atoms. The fourth-order valence-corrected chi connectivity index (χ4v) is 5.44. The van der Waals surface area contributed by atoms with Crippen LogP contribution in [0, 0.1) is 0 Å². The van der Waals surface area contributed by atoms with Crippen LogP contribution in [0.25, 0.3) is 38.6 Å². The SMILES string of the molecule is CNc1ccc(-c2[nH]ncc2-c2ccc3ncc(-c4ccc(S(C)(=O)=O)s4)n3c2)cc1. The summed E-state index contributed by atoms with van der Waals surface area (Å²) in [5.74, 6) is 0. The molecule has 31 heavy (non-hydrogen) atoms.